The number of ketones is 1. The first-order valence-corrected chi connectivity index (χ1v) is 6.02. The van der Waals surface area contributed by atoms with Crippen LogP contribution in [0.5, 0.6) is 0 Å². The summed E-state index contributed by atoms with van der Waals surface area (Å²) in [6.07, 6.45) is 3.26. The number of carbonyl (C=O) groups excluding carboxylic acids is 2. The van der Waals surface area contributed by atoms with Crippen LogP contribution in [0.25, 0.3) is 0 Å². The second-order valence-electron chi connectivity index (χ2n) is 4.24. The van der Waals surface area contributed by atoms with Crippen molar-refractivity contribution in [2.75, 3.05) is 0 Å². The second-order valence-corrected chi connectivity index (χ2v) is 4.24. The van der Waals surface area contributed by atoms with Crippen molar-refractivity contribution in [2.45, 2.75) is 38.5 Å². The summed E-state index contributed by atoms with van der Waals surface area (Å²) >= 11 is 0. The highest BCUT2D eigenvalue weighted by molar-refractivity contribution is 6.35. The van der Waals surface area contributed by atoms with Crippen LogP contribution in [0.15, 0.2) is 30.3 Å². The van der Waals surface area contributed by atoms with Crippen LogP contribution in [0.1, 0.15) is 44.1 Å². The van der Waals surface area contributed by atoms with Crippen LogP contribution in [0.2, 0.25) is 0 Å². The number of primary amides is 1. The predicted molar refractivity (Wildman–Crippen MR) is 67.5 cm³/mol. The van der Waals surface area contributed by atoms with E-state index in [1.54, 1.807) is 0 Å². The standard InChI is InChI=1S/C14H19NO2/c1-2-3-7-12(10-13(16)14(15)17)11-8-5-4-6-9-11/h4-6,8-9,12H,2-3,7,10H2,1H3,(H2,15,17). The zero-order valence-corrected chi connectivity index (χ0v) is 10.2. The molecule has 1 atom stereocenters. The van der Waals surface area contributed by atoms with Crippen LogP contribution in [-0.2, 0) is 9.59 Å². The molecule has 0 aliphatic rings. The number of hydrogen-bond donors (Lipinski definition) is 1. The molecule has 1 aromatic rings. The van der Waals surface area contributed by atoms with Crippen molar-refractivity contribution < 1.29 is 9.59 Å². The van der Waals surface area contributed by atoms with E-state index >= 15 is 0 Å². The topological polar surface area (TPSA) is 60.2 Å². The molecule has 1 amide bonds. The quantitative estimate of drug-likeness (QED) is 0.735. The number of benzene rings is 1. The Morgan fingerprint density at radius 1 is 1.24 bits per heavy atom. The molecule has 1 aromatic carbocycles. The van der Waals surface area contributed by atoms with Crippen molar-refractivity contribution in [1.29, 1.82) is 0 Å². The number of nitrogens with two attached hydrogens (primary N) is 1. The molecule has 0 aliphatic carbocycles. The van der Waals surface area contributed by atoms with Gasteiger partial charge in [-0.2, -0.15) is 0 Å². The minimum Gasteiger partial charge on any atom is -0.363 e. The minimum absolute atomic E-state index is 0.108. The van der Waals surface area contributed by atoms with E-state index in [-0.39, 0.29) is 12.3 Å². The van der Waals surface area contributed by atoms with Crippen LogP contribution in [0.3, 0.4) is 0 Å². The molecule has 0 spiro atoms. The number of hydrogen-bond acceptors (Lipinski definition) is 2. The molecule has 0 saturated carbocycles. The van der Waals surface area contributed by atoms with E-state index in [0.29, 0.717) is 0 Å². The largest absolute Gasteiger partial charge is 0.363 e. The normalized spacial score (nSPS) is 12.1. The molecule has 0 saturated heterocycles. The lowest BCUT2D eigenvalue weighted by Gasteiger charge is -2.15. The van der Waals surface area contributed by atoms with Gasteiger partial charge in [-0.1, -0.05) is 50.1 Å². The Morgan fingerprint density at radius 3 is 2.41 bits per heavy atom. The van der Waals surface area contributed by atoms with Gasteiger partial charge in [-0.25, -0.2) is 0 Å². The molecule has 1 unspecified atom stereocenters. The van der Waals surface area contributed by atoms with Crippen LogP contribution < -0.4 is 5.73 Å². The maximum atomic E-state index is 11.4. The highest BCUT2D eigenvalue weighted by Gasteiger charge is 2.18. The molecule has 0 fully saturated rings. The Morgan fingerprint density at radius 2 is 1.88 bits per heavy atom. The molecule has 0 aliphatic heterocycles. The summed E-state index contributed by atoms with van der Waals surface area (Å²) in [5.74, 6) is -1.20. The number of rotatable bonds is 7. The van der Waals surface area contributed by atoms with Crippen molar-refractivity contribution >= 4 is 11.7 Å². The van der Waals surface area contributed by atoms with Gasteiger partial charge in [-0.3, -0.25) is 9.59 Å². The Hall–Kier alpha value is -1.64. The third kappa shape index (κ3) is 4.39. The third-order valence-corrected chi connectivity index (χ3v) is 2.88. The lowest BCUT2D eigenvalue weighted by atomic mass is 9.89. The smallest absolute Gasteiger partial charge is 0.284 e. The molecule has 0 bridgehead atoms. The zero-order chi connectivity index (χ0) is 12.7. The molecule has 2 N–H and O–H groups in total. The van der Waals surface area contributed by atoms with Gasteiger partial charge in [-0.05, 0) is 17.9 Å². The fourth-order valence-corrected chi connectivity index (χ4v) is 1.89. The van der Waals surface area contributed by atoms with Crippen molar-refractivity contribution in [2.24, 2.45) is 5.73 Å². The average Bonchev–Trinajstić information content (AvgIpc) is 2.35. The Bertz CT molecular complexity index is 373. The first kappa shape index (κ1) is 13.4. The molecule has 3 nitrogen and oxygen atoms in total. The summed E-state index contributed by atoms with van der Waals surface area (Å²) in [6.45, 7) is 2.11. The summed E-state index contributed by atoms with van der Waals surface area (Å²) in [5, 5.41) is 0. The monoisotopic (exact) mass is 233 g/mol. The van der Waals surface area contributed by atoms with E-state index in [4.69, 9.17) is 5.73 Å². The highest BCUT2D eigenvalue weighted by Crippen LogP contribution is 2.25. The molecule has 0 radical (unpaired) electrons. The van der Waals surface area contributed by atoms with Gasteiger partial charge in [0.2, 0.25) is 5.78 Å². The Balaban J connectivity index is 2.74. The van der Waals surface area contributed by atoms with Crippen LogP contribution in [0, 0.1) is 0 Å². The van der Waals surface area contributed by atoms with E-state index in [1.807, 2.05) is 30.3 Å². The maximum Gasteiger partial charge on any atom is 0.284 e. The number of carbonyl (C=O) groups is 2. The van der Waals surface area contributed by atoms with E-state index in [0.717, 1.165) is 24.8 Å². The van der Waals surface area contributed by atoms with Crippen molar-refractivity contribution in [3.63, 3.8) is 0 Å². The second kappa shape index (κ2) is 6.84. The maximum absolute atomic E-state index is 11.4. The van der Waals surface area contributed by atoms with Gasteiger partial charge in [0, 0.05) is 6.42 Å². The lowest BCUT2D eigenvalue weighted by molar-refractivity contribution is -0.136. The zero-order valence-electron chi connectivity index (χ0n) is 10.2. The molecule has 0 heterocycles. The van der Waals surface area contributed by atoms with Crippen LogP contribution in [0.4, 0.5) is 0 Å². The molecular formula is C14H19NO2. The van der Waals surface area contributed by atoms with Crippen molar-refractivity contribution in [3.8, 4) is 0 Å². The van der Waals surface area contributed by atoms with Gasteiger partial charge in [0.1, 0.15) is 0 Å². The molecule has 1 rings (SSSR count). The number of unbranched alkanes of at least 4 members (excludes halogenated alkanes) is 1. The fraction of sp³-hybridized carbons (Fsp3) is 0.429. The van der Waals surface area contributed by atoms with Crippen LogP contribution >= 0.6 is 0 Å². The summed E-state index contributed by atoms with van der Waals surface area (Å²) in [7, 11) is 0. The summed E-state index contributed by atoms with van der Waals surface area (Å²) < 4.78 is 0. The fourth-order valence-electron chi connectivity index (χ4n) is 1.89. The first-order valence-electron chi connectivity index (χ1n) is 6.02. The van der Waals surface area contributed by atoms with E-state index in [9.17, 15) is 9.59 Å². The molecular weight excluding hydrogens is 214 g/mol. The van der Waals surface area contributed by atoms with Crippen molar-refractivity contribution in [3.05, 3.63) is 35.9 Å². The van der Waals surface area contributed by atoms with Gasteiger partial charge in [-0.15, -0.1) is 0 Å². The molecule has 92 valence electrons. The van der Waals surface area contributed by atoms with Crippen LogP contribution in [-0.4, -0.2) is 11.7 Å². The molecule has 17 heavy (non-hydrogen) atoms. The lowest BCUT2D eigenvalue weighted by Crippen LogP contribution is -2.24. The summed E-state index contributed by atoms with van der Waals surface area (Å²) in [4.78, 5) is 22.2. The SMILES string of the molecule is CCCCC(CC(=O)C(N)=O)c1ccccc1. The molecule has 3 heteroatoms. The van der Waals surface area contributed by atoms with Gasteiger partial charge in [0.15, 0.2) is 0 Å². The van der Waals surface area contributed by atoms with Gasteiger partial charge >= 0.3 is 0 Å². The summed E-state index contributed by atoms with van der Waals surface area (Å²) in [6, 6.07) is 9.82. The predicted octanol–water partition coefficient (Wildman–Crippen LogP) is 2.40. The van der Waals surface area contributed by atoms with E-state index < -0.39 is 11.7 Å². The molecule has 0 aromatic heterocycles. The summed E-state index contributed by atoms with van der Waals surface area (Å²) in [5.41, 5.74) is 6.11. The van der Waals surface area contributed by atoms with E-state index in [2.05, 4.69) is 6.92 Å². The average molecular weight is 233 g/mol. The van der Waals surface area contributed by atoms with Gasteiger partial charge < -0.3 is 5.73 Å². The van der Waals surface area contributed by atoms with E-state index in [1.165, 1.54) is 0 Å². The Labute approximate surface area is 102 Å². The Kier molecular flexibility index (Phi) is 5.40. The highest BCUT2D eigenvalue weighted by atomic mass is 16.2. The first-order chi connectivity index (χ1) is 8.15. The minimum atomic E-state index is -0.831. The number of amides is 1. The van der Waals surface area contributed by atoms with Crippen molar-refractivity contribution in [1.82, 2.24) is 0 Å². The third-order valence-electron chi connectivity index (χ3n) is 2.88. The van der Waals surface area contributed by atoms with Gasteiger partial charge in [0.05, 0.1) is 0 Å². The number of Topliss-reactive ketones (excluding diaryl/α,β-unsaturated/α-hetero) is 1. The van der Waals surface area contributed by atoms with Gasteiger partial charge in [0.25, 0.3) is 5.91 Å².